The van der Waals surface area contributed by atoms with Gasteiger partial charge in [0, 0.05) is 16.8 Å². The summed E-state index contributed by atoms with van der Waals surface area (Å²) in [7, 11) is 0. The highest BCUT2D eigenvalue weighted by atomic mass is 32.1. The summed E-state index contributed by atoms with van der Waals surface area (Å²) in [5, 5.41) is 0. The molecule has 0 spiro atoms. The fourth-order valence-corrected chi connectivity index (χ4v) is 4.47. The Morgan fingerprint density at radius 2 is 1.89 bits per heavy atom. The monoisotopic (exact) mass is 402 g/mol. The molecule has 0 saturated heterocycles. The molecule has 9 heteroatoms. The van der Waals surface area contributed by atoms with Gasteiger partial charge in [0.1, 0.15) is 11.5 Å². The number of amides is 2. The van der Waals surface area contributed by atoms with Gasteiger partial charge in [0.05, 0.1) is 4.88 Å². The Hall–Kier alpha value is -2.78. The van der Waals surface area contributed by atoms with Crippen LogP contribution in [0.5, 0.6) is 0 Å². The molecule has 0 bridgehead atoms. The summed E-state index contributed by atoms with van der Waals surface area (Å²) in [6.45, 7) is 0. The van der Waals surface area contributed by atoms with Gasteiger partial charge < -0.3 is 4.98 Å². The van der Waals surface area contributed by atoms with E-state index in [1.54, 1.807) is 0 Å². The summed E-state index contributed by atoms with van der Waals surface area (Å²) in [4.78, 5) is 29.4. The maximum Gasteiger partial charge on any atom is 0.288 e. The minimum absolute atomic E-state index is 0.195. The number of hydrazine groups is 1. The quantitative estimate of drug-likeness (QED) is 0.465. The van der Waals surface area contributed by atoms with Crippen molar-refractivity contribution in [3.63, 3.8) is 0 Å². The van der Waals surface area contributed by atoms with Crippen LogP contribution in [0, 0.1) is 10.6 Å². The number of hydrogen-bond acceptors (Lipinski definition) is 4. The Kier molecular flexibility index (Phi) is 4.63. The van der Waals surface area contributed by atoms with Crippen molar-refractivity contribution in [2.24, 2.45) is 0 Å². The normalized spacial score (nSPS) is 12.6. The Labute approximate surface area is 163 Å². The van der Waals surface area contributed by atoms with E-state index < -0.39 is 5.91 Å². The van der Waals surface area contributed by atoms with Gasteiger partial charge >= 0.3 is 0 Å². The number of fused-ring (bicyclic) bond motifs is 1. The van der Waals surface area contributed by atoms with Gasteiger partial charge in [0.2, 0.25) is 0 Å². The lowest BCUT2D eigenvalue weighted by Crippen LogP contribution is -2.42. The first kappa shape index (κ1) is 17.6. The molecule has 4 rings (SSSR count). The second-order valence-corrected chi connectivity index (χ2v) is 7.64. The van der Waals surface area contributed by atoms with E-state index in [4.69, 9.17) is 12.2 Å². The van der Waals surface area contributed by atoms with Gasteiger partial charge in [-0.15, -0.1) is 11.3 Å². The molecule has 2 amide bonds. The van der Waals surface area contributed by atoms with Gasteiger partial charge in [0.25, 0.3) is 11.8 Å². The number of imidazole rings is 1. The van der Waals surface area contributed by atoms with Gasteiger partial charge in [0.15, 0.2) is 4.77 Å². The minimum Gasteiger partial charge on any atom is -0.336 e. The number of carbonyl (C=O) groups excluding carboxylic acids is 2. The number of nitrogens with one attached hydrogen (secondary N) is 3. The maximum absolute atomic E-state index is 13.1. The van der Waals surface area contributed by atoms with E-state index in [1.165, 1.54) is 56.8 Å². The number of thiophene rings is 1. The molecule has 6 nitrogen and oxygen atoms in total. The summed E-state index contributed by atoms with van der Waals surface area (Å²) < 4.78 is 14.9. The third kappa shape index (κ3) is 3.43. The maximum atomic E-state index is 13.1. The van der Waals surface area contributed by atoms with Crippen molar-refractivity contribution in [2.45, 2.75) is 19.3 Å². The van der Waals surface area contributed by atoms with Crippen LogP contribution in [-0.2, 0) is 12.8 Å². The number of carbonyl (C=O) groups is 2. The molecule has 0 fully saturated rings. The zero-order valence-electron chi connectivity index (χ0n) is 14.0. The molecule has 0 atom stereocenters. The number of rotatable bonds is 3. The highest BCUT2D eigenvalue weighted by Gasteiger charge is 2.20. The van der Waals surface area contributed by atoms with Crippen molar-refractivity contribution >= 4 is 35.4 Å². The Balaban J connectivity index is 1.49. The second kappa shape index (κ2) is 7.09. The third-order valence-corrected chi connectivity index (χ3v) is 5.89. The fourth-order valence-electron chi connectivity index (χ4n) is 3.06. The Morgan fingerprint density at radius 1 is 1.15 bits per heavy atom. The highest BCUT2D eigenvalue weighted by Crippen LogP contribution is 2.30. The number of aromatic amines is 1. The molecule has 1 aromatic carbocycles. The first-order valence-electron chi connectivity index (χ1n) is 8.31. The molecule has 0 unspecified atom stereocenters. The van der Waals surface area contributed by atoms with Crippen LogP contribution in [0.25, 0.3) is 5.69 Å². The topological polar surface area (TPSA) is 78.9 Å². The number of hydrogen-bond donors (Lipinski definition) is 3. The van der Waals surface area contributed by atoms with Gasteiger partial charge in [-0.2, -0.15) is 0 Å². The standard InChI is InChI=1S/C18H15FN4O2S2/c19-11-4-6-12(7-5-11)23-13(9-20-18(23)26)16(24)21-22-17(25)15-8-10-2-1-3-14(10)27-15/h4-9H,1-3H2,(H,20,26)(H,21,24)(H,22,25). The van der Waals surface area contributed by atoms with Crippen LogP contribution in [0.4, 0.5) is 4.39 Å². The number of benzene rings is 1. The van der Waals surface area contributed by atoms with E-state index in [2.05, 4.69) is 15.8 Å². The molecule has 138 valence electrons. The van der Waals surface area contributed by atoms with E-state index in [9.17, 15) is 14.0 Å². The van der Waals surface area contributed by atoms with Gasteiger partial charge in [-0.3, -0.25) is 25.0 Å². The third-order valence-electron chi connectivity index (χ3n) is 4.35. The predicted octanol–water partition coefficient (Wildman–Crippen LogP) is 3.30. The van der Waals surface area contributed by atoms with E-state index in [-0.39, 0.29) is 22.2 Å². The van der Waals surface area contributed by atoms with Crippen LogP contribution in [-0.4, -0.2) is 21.4 Å². The van der Waals surface area contributed by atoms with Crippen molar-refractivity contribution in [1.29, 1.82) is 0 Å². The number of H-pyrrole nitrogens is 1. The van der Waals surface area contributed by atoms with Crippen LogP contribution in [0.15, 0.2) is 36.5 Å². The fraction of sp³-hybridized carbons (Fsp3) is 0.167. The van der Waals surface area contributed by atoms with E-state index in [1.807, 2.05) is 6.07 Å². The smallest absolute Gasteiger partial charge is 0.288 e. The van der Waals surface area contributed by atoms with Gasteiger partial charge in [-0.25, -0.2) is 4.39 Å². The summed E-state index contributed by atoms with van der Waals surface area (Å²) >= 11 is 6.66. The lowest BCUT2D eigenvalue weighted by atomic mass is 10.2. The second-order valence-electron chi connectivity index (χ2n) is 6.11. The Bertz CT molecular complexity index is 1060. The zero-order chi connectivity index (χ0) is 19.0. The molecule has 2 heterocycles. The summed E-state index contributed by atoms with van der Waals surface area (Å²) in [6.07, 6.45) is 4.56. The average Bonchev–Trinajstić information content (AvgIpc) is 3.34. The molecule has 0 saturated carbocycles. The molecule has 27 heavy (non-hydrogen) atoms. The van der Waals surface area contributed by atoms with Crippen LogP contribution in [0.3, 0.4) is 0 Å². The van der Waals surface area contributed by atoms with Crippen molar-refractivity contribution in [3.8, 4) is 5.69 Å². The molecule has 3 aromatic rings. The van der Waals surface area contributed by atoms with Crippen LogP contribution in [0.2, 0.25) is 0 Å². The molecule has 3 N–H and O–H groups in total. The molecule has 1 aliphatic carbocycles. The van der Waals surface area contributed by atoms with Crippen molar-refractivity contribution in [3.05, 3.63) is 68.1 Å². The van der Waals surface area contributed by atoms with E-state index >= 15 is 0 Å². The average molecular weight is 402 g/mol. The molecule has 0 aliphatic heterocycles. The number of halogens is 1. The lowest BCUT2D eigenvalue weighted by molar-refractivity contribution is 0.0845. The number of nitrogens with zero attached hydrogens (tertiary/aromatic N) is 1. The molecule has 0 radical (unpaired) electrons. The van der Waals surface area contributed by atoms with Gasteiger partial charge in [-0.1, -0.05) is 0 Å². The summed E-state index contributed by atoms with van der Waals surface area (Å²) in [5.41, 5.74) is 6.78. The first-order chi connectivity index (χ1) is 13.0. The van der Waals surface area contributed by atoms with Gasteiger partial charge in [-0.05, 0) is 67.4 Å². The van der Waals surface area contributed by atoms with E-state index in [0.29, 0.717) is 10.6 Å². The predicted molar refractivity (Wildman–Crippen MR) is 102 cm³/mol. The minimum atomic E-state index is -0.538. The Morgan fingerprint density at radius 3 is 2.63 bits per heavy atom. The van der Waals surface area contributed by atoms with E-state index in [0.717, 1.165) is 19.3 Å². The largest absolute Gasteiger partial charge is 0.336 e. The van der Waals surface area contributed by atoms with Crippen LogP contribution in [0.1, 0.15) is 37.0 Å². The van der Waals surface area contributed by atoms with Crippen LogP contribution >= 0.6 is 23.6 Å². The SMILES string of the molecule is O=C(NNC(=O)c1c[nH]c(=S)n1-c1ccc(F)cc1)c1cc2c(s1)CCC2. The van der Waals surface area contributed by atoms with Crippen molar-refractivity contribution in [2.75, 3.05) is 0 Å². The molecular weight excluding hydrogens is 387 g/mol. The summed E-state index contributed by atoms with van der Waals surface area (Å²) in [6, 6.07) is 7.47. The lowest BCUT2D eigenvalue weighted by Gasteiger charge is -2.09. The summed E-state index contributed by atoms with van der Waals surface area (Å²) in [5.74, 6) is -1.28. The molecule has 2 aromatic heterocycles. The van der Waals surface area contributed by atoms with Crippen molar-refractivity contribution in [1.82, 2.24) is 20.4 Å². The number of aryl methyl sites for hydroxylation is 2. The first-order valence-corrected chi connectivity index (χ1v) is 9.54. The molecule has 1 aliphatic rings. The molecular formula is C18H15FN4O2S2. The zero-order valence-corrected chi connectivity index (χ0v) is 15.7. The van der Waals surface area contributed by atoms with Crippen molar-refractivity contribution < 1.29 is 14.0 Å². The van der Waals surface area contributed by atoms with Crippen LogP contribution < -0.4 is 10.9 Å². The highest BCUT2D eigenvalue weighted by molar-refractivity contribution is 7.71. The number of aromatic nitrogens is 2.